The number of nitrogens with zero attached hydrogens (tertiary/aromatic N) is 1. The topological polar surface area (TPSA) is 80.8 Å². The van der Waals surface area contributed by atoms with Gasteiger partial charge in [-0.1, -0.05) is 33.1 Å². The smallest absolute Gasteiger partial charge is 0.243 e. The highest BCUT2D eigenvalue weighted by molar-refractivity contribution is 7.93. The molecule has 152 valence electrons. The molecule has 1 saturated carbocycles. The van der Waals surface area contributed by atoms with Crippen LogP contribution in [0.15, 0.2) is 29.2 Å². The molecule has 0 unspecified atom stereocenters. The van der Waals surface area contributed by atoms with Crippen molar-refractivity contribution in [2.75, 3.05) is 19.7 Å². The van der Waals surface area contributed by atoms with Gasteiger partial charge >= 0.3 is 0 Å². The summed E-state index contributed by atoms with van der Waals surface area (Å²) in [5.74, 6) is 1.02. The van der Waals surface area contributed by atoms with E-state index in [2.05, 4.69) is 0 Å². The molecule has 0 radical (unpaired) electrons. The number of sulfone groups is 1. The zero-order valence-corrected chi connectivity index (χ0v) is 17.6. The fourth-order valence-corrected chi connectivity index (χ4v) is 7.62. The van der Waals surface area contributed by atoms with E-state index in [0.29, 0.717) is 31.1 Å². The maximum Gasteiger partial charge on any atom is 0.243 e. The lowest BCUT2D eigenvalue weighted by Gasteiger charge is -2.39. The molecular formula is C19H29NO5S2. The summed E-state index contributed by atoms with van der Waals surface area (Å²) in [5.41, 5.74) is 0. The third-order valence-electron chi connectivity index (χ3n) is 5.34. The Kier molecular flexibility index (Phi) is 6.17. The van der Waals surface area contributed by atoms with Crippen LogP contribution >= 0.6 is 0 Å². The van der Waals surface area contributed by atoms with Crippen LogP contribution in [-0.4, -0.2) is 51.3 Å². The van der Waals surface area contributed by atoms with Crippen molar-refractivity contribution in [3.63, 3.8) is 0 Å². The first-order valence-corrected chi connectivity index (χ1v) is 12.7. The Morgan fingerprint density at radius 2 is 1.56 bits per heavy atom. The zero-order chi connectivity index (χ0) is 19.7. The highest BCUT2D eigenvalue weighted by Crippen LogP contribution is 2.32. The summed E-state index contributed by atoms with van der Waals surface area (Å²) in [4.78, 5) is 0.174. The molecule has 2 fully saturated rings. The minimum atomic E-state index is -3.66. The molecule has 0 atom stereocenters. The molecule has 0 aromatic heterocycles. The van der Waals surface area contributed by atoms with E-state index in [1.165, 1.54) is 16.4 Å². The fourth-order valence-electron chi connectivity index (χ4n) is 3.59. The first-order valence-electron chi connectivity index (χ1n) is 9.67. The molecule has 1 aliphatic heterocycles. The molecule has 8 heteroatoms. The van der Waals surface area contributed by atoms with Crippen LogP contribution in [0.2, 0.25) is 0 Å². The molecule has 1 aromatic carbocycles. The molecule has 3 rings (SSSR count). The summed E-state index contributed by atoms with van der Waals surface area (Å²) in [6, 6.07) is 6.33. The van der Waals surface area contributed by atoms with Gasteiger partial charge in [0.05, 0.1) is 22.0 Å². The molecule has 0 amide bonds. The molecule has 0 spiro atoms. The normalized spacial score (nSPS) is 20.6. The van der Waals surface area contributed by atoms with Crippen molar-refractivity contribution in [1.82, 2.24) is 4.31 Å². The van der Waals surface area contributed by atoms with E-state index in [-0.39, 0.29) is 23.2 Å². The van der Waals surface area contributed by atoms with E-state index in [1.54, 1.807) is 12.1 Å². The van der Waals surface area contributed by atoms with Gasteiger partial charge in [0, 0.05) is 13.1 Å². The van der Waals surface area contributed by atoms with Gasteiger partial charge in [-0.3, -0.25) is 0 Å². The van der Waals surface area contributed by atoms with Gasteiger partial charge in [-0.2, -0.15) is 4.31 Å². The number of benzene rings is 1. The third-order valence-corrected chi connectivity index (χ3v) is 9.81. The van der Waals surface area contributed by atoms with Gasteiger partial charge in [-0.25, -0.2) is 16.8 Å². The molecule has 1 aliphatic carbocycles. The number of rotatable bonds is 7. The van der Waals surface area contributed by atoms with Gasteiger partial charge in [0.15, 0.2) is 9.84 Å². The van der Waals surface area contributed by atoms with Gasteiger partial charge in [0.2, 0.25) is 10.0 Å². The quantitative estimate of drug-likeness (QED) is 0.684. The lowest BCUT2D eigenvalue weighted by atomic mass is 10.0. The molecule has 1 heterocycles. The Balaban J connectivity index is 1.62. The number of hydrogen-bond donors (Lipinski definition) is 0. The van der Waals surface area contributed by atoms with Crippen LogP contribution < -0.4 is 4.74 Å². The van der Waals surface area contributed by atoms with Gasteiger partial charge in [-0.15, -0.1) is 0 Å². The van der Waals surface area contributed by atoms with E-state index >= 15 is 0 Å². The van der Waals surface area contributed by atoms with E-state index in [0.717, 1.165) is 19.3 Å². The van der Waals surface area contributed by atoms with Crippen molar-refractivity contribution in [3.05, 3.63) is 24.3 Å². The predicted molar refractivity (Wildman–Crippen MR) is 105 cm³/mol. The Bertz CT molecular complexity index is 835. The third kappa shape index (κ3) is 4.49. The summed E-state index contributed by atoms with van der Waals surface area (Å²) < 4.78 is 57.7. The predicted octanol–water partition coefficient (Wildman–Crippen LogP) is 2.84. The van der Waals surface area contributed by atoms with Crippen LogP contribution in [-0.2, 0) is 19.9 Å². The molecule has 2 aliphatic rings. The Labute approximate surface area is 162 Å². The average Bonchev–Trinajstić information content (AvgIpc) is 2.59. The van der Waals surface area contributed by atoms with Crippen LogP contribution in [0.25, 0.3) is 0 Å². The van der Waals surface area contributed by atoms with E-state index < -0.39 is 25.1 Å². The average molecular weight is 416 g/mol. The van der Waals surface area contributed by atoms with Crippen molar-refractivity contribution in [3.8, 4) is 5.75 Å². The summed E-state index contributed by atoms with van der Waals surface area (Å²) in [7, 11) is -6.91. The molecular weight excluding hydrogens is 386 g/mol. The monoisotopic (exact) mass is 415 g/mol. The Morgan fingerprint density at radius 3 is 2.11 bits per heavy atom. The first-order chi connectivity index (χ1) is 12.7. The second kappa shape index (κ2) is 8.09. The lowest BCUT2D eigenvalue weighted by molar-refractivity contribution is 0.271. The Morgan fingerprint density at radius 1 is 0.963 bits per heavy atom. The van der Waals surface area contributed by atoms with E-state index in [9.17, 15) is 16.8 Å². The number of hydrogen-bond acceptors (Lipinski definition) is 5. The van der Waals surface area contributed by atoms with Crippen molar-refractivity contribution in [1.29, 1.82) is 0 Å². The largest absolute Gasteiger partial charge is 0.493 e. The summed E-state index contributed by atoms with van der Waals surface area (Å²) in [6.45, 7) is 4.78. The van der Waals surface area contributed by atoms with Crippen LogP contribution in [0.1, 0.15) is 46.0 Å². The van der Waals surface area contributed by atoms with Gasteiger partial charge in [0.25, 0.3) is 0 Å². The fraction of sp³-hybridized carbons (Fsp3) is 0.684. The highest BCUT2D eigenvalue weighted by Gasteiger charge is 2.46. The first kappa shape index (κ1) is 20.6. The molecule has 1 saturated heterocycles. The number of ether oxygens (including phenoxy) is 1. The number of sulfonamides is 1. The minimum absolute atomic E-state index is 0.0623. The van der Waals surface area contributed by atoms with Crippen molar-refractivity contribution < 1.29 is 21.6 Å². The maximum absolute atomic E-state index is 12.7. The minimum Gasteiger partial charge on any atom is -0.493 e. The highest BCUT2D eigenvalue weighted by atomic mass is 32.2. The standard InChI is InChI=1S/C19H29NO5S2/c1-15(2)14-25-16-8-10-18(11-9-16)27(23,24)20-12-19(13-20)26(21,22)17-6-4-3-5-7-17/h8-11,15,17,19H,3-7,12-14H2,1-2H3. The SMILES string of the molecule is CC(C)COc1ccc(S(=O)(=O)N2CC(S(=O)(=O)C3CCCCC3)C2)cc1. The van der Waals surface area contributed by atoms with Gasteiger partial charge < -0.3 is 4.74 Å². The van der Waals surface area contributed by atoms with E-state index in [4.69, 9.17) is 4.74 Å². The maximum atomic E-state index is 12.7. The molecule has 0 N–H and O–H groups in total. The molecule has 0 bridgehead atoms. The zero-order valence-electron chi connectivity index (χ0n) is 16.0. The summed E-state index contributed by atoms with van der Waals surface area (Å²) in [6.07, 6.45) is 4.41. The molecule has 6 nitrogen and oxygen atoms in total. The van der Waals surface area contributed by atoms with Gasteiger partial charge in [0.1, 0.15) is 5.75 Å². The second-order valence-corrected chi connectivity index (χ2v) is 12.4. The van der Waals surface area contributed by atoms with Crippen molar-refractivity contribution in [2.24, 2.45) is 5.92 Å². The van der Waals surface area contributed by atoms with E-state index in [1.807, 2.05) is 13.8 Å². The second-order valence-electron chi connectivity index (χ2n) is 7.97. The lowest BCUT2D eigenvalue weighted by Crippen LogP contribution is -2.58. The van der Waals surface area contributed by atoms with Crippen LogP contribution in [0.3, 0.4) is 0 Å². The summed E-state index contributed by atoms with van der Waals surface area (Å²) in [5, 5.41) is -0.859. The summed E-state index contributed by atoms with van der Waals surface area (Å²) >= 11 is 0. The van der Waals surface area contributed by atoms with Crippen LogP contribution in [0, 0.1) is 5.92 Å². The van der Waals surface area contributed by atoms with Crippen LogP contribution in [0.5, 0.6) is 5.75 Å². The molecule has 1 aromatic rings. The molecule has 27 heavy (non-hydrogen) atoms. The Hall–Kier alpha value is -1.12. The van der Waals surface area contributed by atoms with Crippen LogP contribution in [0.4, 0.5) is 0 Å². The van der Waals surface area contributed by atoms with Crippen molar-refractivity contribution in [2.45, 2.75) is 61.3 Å². The van der Waals surface area contributed by atoms with Crippen molar-refractivity contribution >= 4 is 19.9 Å². The van der Waals surface area contributed by atoms with Gasteiger partial charge in [-0.05, 0) is 43.0 Å².